The molecule has 2 rings (SSSR count). The van der Waals surface area contributed by atoms with Crippen LogP contribution in [-0.4, -0.2) is 37.3 Å². The van der Waals surface area contributed by atoms with Crippen LogP contribution in [0, 0.1) is 0 Å². The van der Waals surface area contributed by atoms with Gasteiger partial charge in [0.15, 0.2) is 5.78 Å². The molecule has 6 nitrogen and oxygen atoms in total. The van der Waals surface area contributed by atoms with E-state index in [1.807, 2.05) is 13.8 Å². The molecule has 26 heavy (non-hydrogen) atoms. The zero-order chi connectivity index (χ0) is 19.7. The van der Waals surface area contributed by atoms with Crippen molar-refractivity contribution in [2.24, 2.45) is 0 Å². The SMILES string of the molecule is CC.COc1ccc(/C=C/C(=O)c2c(O)cc(O)cc2OC)c(OC)c1. The van der Waals surface area contributed by atoms with Crippen molar-refractivity contribution in [1.82, 2.24) is 0 Å². The second-order valence-electron chi connectivity index (χ2n) is 4.85. The van der Waals surface area contributed by atoms with Gasteiger partial charge in [0.25, 0.3) is 0 Å². The van der Waals surface area contributed by atoms with Crippen LogP contribution in [0.15, 0.2) is 36.4 Å². The third kappa shape index (κ3) is 4.92. The fraction of sp³-hybridized carbons (Fsp3) is 0.250. The van der Waals surface area contributed by atoms with Gasteiger partial charge in [-0.25, -0.2) is 0 Å². The molecular weight excluding hydrogens is 336 g/mol. The summed E-state index contributed by atoms with van der Waals surface area (Å²) in [6.07, 6.45) is 2.85. The standard InChI is InChI=1S/C18H18O6.C2H6/c1-22-13-6-4-11(16(10-13)23-2)5-7-14(20)18-15(21)8-12(19)9-17(18)24-3;1-2/h4-10,19,21H,1-3H3;1-2H3/b7-5+;. The molecule has 0 saturated heterocycles. The van der Waals surface area contributed by atoms with Gasteiger partial charge in [-0.15, -0.1) is 0 Å². The lowest BCUT2D eigenvalue weighted by Gasteiger charge is -2.09. The van der Waals surface area contributed by atoms with E-state index in [9.17, 15) is 15.0 Å². The highest BCUT2D eigenvalue weighted by Crippen LogP contribution is 2.33. The average Bonchev–Trinajstić information content (AvgIpc) is 2.66. The van der Waals surface area contributed by atoms with Crippen molar-refractivity contribution in [2.45, 2.75) is 13.8 Å². The maximum absolute atomic E-state index is 12.4. The topological polar surface area (TPSA) is 85.2 Å². The number of rotatable bonds is 6. The maximum Gasteiger partial charge on any atom is 0.193 e. The lowest BCUT2D eigenvalue weighted by Crippen LogP contribution is -1.99. The number of phenolic OH excluding ortho intramolecular Hbond substituents is 2. The van der Waals surface area contributed by atoms with Gasteiger partial charge < -0.3 is 24.4 Å². The Hall–Kier alpha value is -3.15. The van der Waals surface area contributed by atoms with Gasteiger partial charge in [0.2, 0.25) is 0 Å². The van der Waals surface area contributed by atoms with E-state index in [0.29, 0.717) is 17.1 Å². The molecule has 0 heterocycles. The Morgan fingerprint density at radius 3 is 2.15 bits per heavy atom. The van der Waals surface area contributed by atoms with Gasteiger partial charge in [0, 0.05) is 23.8 Å². The van der Waals surface area contributed by atoms with E-state index in [0.717, 1.165) is 6.07 Å². The minimum absolute atomic E-state index is 0.0287. The fourth-order valence-electron chi connectivity index (χ4n) is 2.20. The van der Waals surface area contributed by atoms with E-state index in [-0.39, 0.29) is 22.8 Å². The smallest absolute Gasteiger partial charge is 0.193 e. The molecule has 0 amide bonds. The van der Waals surface area contributed by atoms with Crippen molar-refractivity contribution in [3.63, 3.8) is 0 Å². The van der Waals surface area contributed by atoms with Gasteiger partial charge >= 0.3 is 0 Å². The molecule has 140 valence electrons. The summed E-state index contributed by atoms with van der Waals surface area (Å²) in [5.41, 5.74) is 0.642. The third-order valence-corrected chi connectivity index (χ3v) is 3.39. The van der Waals surface area contributed by atoms with Gasteiger partial charge in [-0.3, -0.25) is 4.79 Å². The van der Waals surface area contributed by atoms with Crippen molar-refractivity contribution in [2.75, 3.05) is 21.3 Å². The molecule has 2 aromatic carbocycles. The van der Waals surface area contributed by atoms with E-state index in [1.165, 1.54) is 26.4 Å². The first-order valence-electron chi connectivity index (χ1n) is 8.04. The molecule has 2 N–H and O–H groups in total. The summed E-state index contributed by atoms with van der Waals surface area (Å²) >= 11 is 0. The predicted octanol–water partition coefficient (Wildman–Crippen LogP) is 4.05. The highest BCUT2D eigenvalue weighted by molar-refractivity contribution is 6.10. The van der Waals surface area contributed by atoms with Crippen molar-refractivity contribution in [1.29, 1.82) is 0 Å². The van der Waals surface area contributed by atoms with Crippen molar-refractivity contribution in [3.8, 4) is 28.7 Å². The van der Waals surface area contributed by atoms with Gasteiger partial charge in [-0.1, -0.05) is 13.8 Å². The Kier molecular flexibility index (Phi) is 8.02. The molecule has 0 radical (unpaired) electrons. The first-order chi connectivity index (χ1) is 12.5. The molecule has 2 aromatic rings. The number of allylic oxidation sites excluding steroid dienone is 1. The summed E-state index contributed by atoms with van der Waals surface area (Å²) in [6, 6.07) is 7.52. The number of methoxy groups -OCH3 is 3. The summed E-state index contributed by atoms with van der Waals surface area (Å²) in [6.45, 7) is 4.00. The highest BCUT2D eigenvalue weighted by atomic mass is 16.5. The number of hydrogen-bond donors (Lipinski definition) is 2. The molecule has 0 aliphatic carbocycles. The number of benzene rings is 2. The van der Waals surface area contributed by atoms with Gasteiger partial charge in [-0.05, 0) is 24.3 Å². The molecule has 0 fully saturated rings. The van der Waals surface area contributed by atoms with Crippen LogP contribution < -0.4 is 14.2 Å². The monoisotopic (exact) mass is 360 g/mol. The van der Waals surface area contributed by atoms with Crippen LogP contribution in [0.3, 0.4) is 0 Å². The summed E-state index contributed by atoms with van der Waals surface area (Å²) in [4.78, 5) is 12.4. The molecule has 0 spiro atoms. The second kappa shape index (κ2) is 9.98. The van der Waals surface area contributed by atoms with Crippen molar-refractivity contribution >= 4 is 11.9 Å². The Balaban J connectivity index is 0.00000163. The van der Waals surface area contributed by atoms with E-state index in [2.05, 4.69) is 0 Å². The first kappa shape index (κ1) is 20.9. The lowest BCUT2D eigenvalue weighted by atomic mass is 10.1. The zero-order valence-corrected chi connectivity index (χ0v) is 15.6. The average molecular weight is 360 g/mol. The quantitative estimate of drug-likeness (QED) is 0.597. The van der Waals surface area contributed by atoms with Crippen LogP contribution in [0.2, 0.25) is 0 Å². The zero-order valence-electron chi connectivity index (χ0n) is 15.6. The van der Waals surface area contributed by atoms with E-state index in [1.54, 1.807) is 31.4 Å². The predicted molar refractivity (Wildman–Crippen MR) is 101 cm³/mol. The van der Waals surface area contributed by atoms with Gasteiger partial charge in [0.1, 0.15) is 34.3 Å². The van der Waals surface area contributed by atoms with Crippen molar-refractivity contribution in [3.05, 3.63) is 47.5 Å². The molecule has 0 unspecified atom stereocenters. The van der Waals surface area contributed by atoms with E-state index >= 15 is 0 Å². The normalized spacial score (nSPS) is 10.0. The number of phenols is 2. The summed E-state index contributed by atoms with van der Waals surface area (Å²) < 4.78 is 15.4. The molecule has 0 aliphatic heterocycles. The van der Waals surface area contributed by atoms with Crippen LogP contribution >= 0.6 is 0 Å². The van der Waals surface area contributed by atoms with Crippen LogP contribution in [-0.2, 0) is 0 Å². The van der Waals surface area contributed by atoms with Crippen molar-refractivity contribution < 1.29 is 29.2 Å². The highest BCUT2D eigenvalue weighted by Gasteiger charge is 2.17. The maximum atomic E-state index is 12.4. The molecule has 0 aliphatic rings. The molecule has 6 heteroatoms. The number of carbonyl (C=O) groups excluding carboxylic acids is 1. The molecule has 0 aromatic heterocycles. The number of ether oxygens (including phenoxy) is 3. The molecule has 0 bridgehead atoms. The Bertz CT molecular complexity index is 780. The third-order valence-electron chi connectivity index (χ3n) is 3.39. The first-order valence-corrected chi connectivity index (χ1v) is 8.04. The van der Waals surface area contributed by atoms with Crippen LogP contribution in [0.5, 0.6) is 28.7 Å². The van der Waals surface area contributed by atoms with Crippen LogP contribution in [0.4, 0.5) is 0 Å². The van der Waals surface area contributed by atoms with Crippen LogP contribution in [0.25, 0.3) is 6.08 Å². The minimum atomic E-state index is -0.470. The summed E-state index contributed by atoms with van der Waals surface area (Å²) in [5, 5.41) is 19.4. The minimum Gasteiger partial charge on any atom is -0.508 e. The van der Waals surface area contributed by atoms with Crippen LogP contribution in [0.1, 0.15) is 29.8 Å². The fourth-order valence-corrected chi connectivity index (χ4v) is 2.20. The summed E-state index contributed by atoms with van der Waals surface area (Å²) in [5.74, 6) is 0.240. The Labute approximate surface area is 153 Å². The lowest BCUT2D eigenvalue weighted by molar-refractivity contribution is 0.104. The van der Waals surface area contributed by atoms with Gasteiger partial charge in [0.05, 0.1) is 21.3 Å². The number of ketones is 1. The largest absolute Gasteiger partial charge is 0.508 e. The Morgan fingerprint density at radius 2 is 1.58 bits per heavy atom. The van der Waals surface area contributed by atoms with E-state index < -0.39 is 5.78 Å². The number of hydrogen-bond acceptors (Lipinski definition) is 6. The number of aromatic hydroxyl groups is 2. The van der Waals surface area contributed by atoms with Gasteiger partial charge in [-0.2, -0.15) is 0 Å². The molecule has 0 atom stereocenters. The molecular formula is C20H24O6. The Morgan fingerprint density at radius 1 is 0.923 bits per heavy atom. The number of carbonyl (C=O) groups is 1. The van der Waals surface area contributed by atoms with E-state index in [4.69, 9.17) is 14.2 Å². The summed E-state index contributed by atoms with van der Waals surface area (Å²) in [7, 11) is 4.41. The second-order valence-corrected chi connectivity index (χ2v) is 4.85. The molecule has 0 saturated carbocycles.